The Kier molecular flexibility index (Phi) is 23.4. The number of Topliss-reactive ketones (excluding diaryl/α,β-unsaturated/α-hetero) is 1. The molecule has 3 unspecified atom stereocenters. The highest BCUT2D eigenvalue weighted by Crippen LogP contribution is 2.38. The van der Waals surface area contributed by atoms with Crippen LogP contribution in [-0.4, -0.2) is 20.0 Å². The summed E-state index contributed by atoms with van der Waals surface area (Å²) in [6.45, 7) is 31.0. The molecule has 0 spiro atoms. The fourth-order valence-corrected chi connectivity index (χ4v) is 6.72. The first-order valence-corrected chi connectivity index (χ1v) is 19.3. The van der Waals surface area contributed by atoms with Crippen LogP contribution in [0.3, 0.4) is 0 Å². The van der Waals surface area contributed by atoms with E-state index >= 15 is 0 Å². The quantitative estimate of drug-likeness (QED) is 0.112. The number of aryl methyl sites for hydroxylation is 1. The first-order valence-electron chi connectivity index (χ1n) is 19.3. The summed E-state index contributed by atoms with van der Waals surface area (Å²) >= 11 is 0. The van der Waals surface area contributed by atoms with E-state index < -0.39 is 0 Å². The van der Waals surface area contributed by atoms with Crippen LogP contribution in [0.4, 0.5) is 4.39 Å². The predicted octanol–water partition coefficient (Wildman–Crippen LogP) is 13.9. The molecule has 3 rings (SSSR count). The molecule has 1 aliphatic rings. The number of carbonyl (C=O) groups is 1. The van der Waals surface area contributed by atoms with Gasteiger partial charge in [-0.05, 0) is 128 Å². The summed E-state index contributed by atoms with van der Waals surface area (Å²) in [6, 6.07) is 9.20. The van der Waals surface area contributed by atoms with Gasteiger partial charge in [0, 0.05) is 17.9 Å². The monoisotopic (exact) mass is 693 g/mol. The van der Waals surface area contributed by atoms with Crippen LogP contribution in [0.15, 0.2) is 54.5 Å². The van der Waals surface area contributed by atoms with Gasteiger partial charge in [0.25, 0.3) is 0 Å². The van der Waals surface area contributed by atoms with Gasteiger partial charge in [-0.2, -0.15) is 0 Å². The lowest BCUT2D eigenvalue weighted by Crippen LogP contribution is -2.21. The number of carbonyl (C=O) groups excluding carboxylic acids is 1. The van der Waals surface area contributed by atoms with E-state index in [4.69, 9.17) is 9.47 Å². The highest BCUT2D eigenvalue weighted by molar-refractivity contribution is 6.27. The van der Waals surface area contributed by atoms with E-state index in [0.717, 1.165) is 72.1 Å². The Morgan fingerprint density at radius 3 is 1.98 bits per heavy atom. The largest absolute Gasteiger partial charge is 0.502 e. The average molecular weight is 693 g/mol. The molecule has 1 aliphatic carbocycles. The SMILES string of the molecule is C=C(CC)OC.CC.CCC(C)c1ccc(F)cc1/C(C)=C(\C(C)=O)c1ccc(C)c2c1CCC2.CCC/C=C(/OC)C(C(C)C)C(C)CC. The second-order valence-electron chi connectivity index (χ2n) is 13.7. The van der Waals surface area contributed by atoms with Crippen LogP contribution >= 0.6 is 0 Å². The van der Waals surface area contributed by atoms with Gasteiger partial charge < -0.3 is 9.47 Å². The van der Waals surface area contributed by atoms with E-state index in [1.807, 2.05) is 33.8 Å². The topological polar surface area (TPSA) is 35.5 Å². The maximum atomic E-state index is 14.1. The van der Waals surface area contributed by atoms with Crippen molar-refractivity contribution in [2.24, 2.45) is 17.8 Å². The van der Waals surface area contributed by atoms with Crippen LogP contribution in [0.25, 0.3) is 11.1 Å². The molecule has 282 valence electrons. The van der Waals surface area contributed by atoms with Crippen molar-refractivity contribution in [3.8, 4) is 0 Å². The molecule has 0 bridgehead atoms. The minimum absolute atomic E-state index is 0.0461. The highest BCUT2D eigenvalue weighted by atomic mass is 19.1. The number of fused-ring (bicyclic) bond motifs is 1. The molecule has 2 aromatic rings. The number of hydrogen-bond donors (Lipinski definition) is 0. The number of allylic oxidation sites excluding steroid dienone is 5. The van der Waals surface area contributed by atoms with E-state index in [1.54, 1.807) is 27.2 Å². The number of ketones is 1. The van der Waals surface area contributed by atoms with Gasteiger partial charge in [-0.15, -0.1) is 0 Å². The number of methoxy groups -OCH3 is 2. The van der Waals surface area contributed by atoms with Crippen molar-refractivity contribution < 1.29 is 18.7 Å². The van der Waals surface area contributed by atoms with Gasteiger partial charge in [0.2, 0.25) is 0 Å². The van der Waals surface area contributed by atoms with E-state index in [1.165, 1.54) is 41.4 Å². The molecular formula is C46H73FO3. The molecular weight excluding hydrogens is 620 g/mol. The third-order valence-electron chi connectivity index (χ3n) is 9.93. The van der Waals surface area contributed by atoms with E-state index in [2.05, 4.69) is 80.2 Å². The Bertz CT molecular complexity index is 1370. The van der Waals surface area contributed by atoms with Gasteiger partial charge in [0.15, 0.2) is 5.78 Å². The van der Waals surface area contributed by atoms with Crippen molar-refractivity contribution >= 4 is 16.9 Å². The molecule has 0 aromatic heterocycles. The summed E-state index contributed by atoms with van der Waals surface area (Å²) < 4.78 is 24.4. The molecule has 0 N–H and O–H groups in total. The summed E-state index contributed by atoms with van der Waals surface area (Å²) in [5.41, 5.74) is 8.64. The molecule has 0 saturated heterocycles. The van der Waals surface area contributed by atoms with Crippen LogP contribution in [-0.2, 0) is 27.1 Å². The smallest absolute Gasteiger partial charge is 0.160 e. The Hall–Kier alpha value is -3.14. The van der Waals surface area contributed by atoms with Crippen LogP contribution in [0.5, 0.6) is 0 Å². The summed E-state index contributed by atoms with van der Waals surface area (Å²) in [5, 5.41) is 0. The Morgan fingerprint density at radius 1 is 0.900 bits per heavy atom. The second kappa shape index (κ2) is 24.9. The van der Waals surface area contributed by atoms with Crippen LogP contribution < -0.4 is 0 Å². The minimum atomic E-state index is -0.256. The average Bonchev–Trinajstić information content (AvgIpc) is 3.62. The zero-order valence-corrected chi connectivity index (χ0v) is 34.7. The van der Waals surface area contributed by atoms with Gasteiger partial charge in [0.05, 0.1) is 25.7 Å². The summed E-state index contributed by atoms with van der Waals surface area (Å²) in [5.74, 6) is 4.07. The summed E-state index contributed by atoms with van der Waals surface area (Å²) in [4.78, 5) is 12.7. The fraction of sp³-hybridized carbons (Fsp3) is 0.587. The van der Waals surface area contributed by atoms with Crippen molar-refractivity contribution in [3.05, 3.63) is 93.7 Å². The molecule has 3 nitrogen and oxygen atoms in total. The first kappa shape index (κ1) is 46.9. The van der Waals surface area contributed by atoms with Gasteiger partial charge in [-0.1, -0.05) is 107 Å². The van der Waals surface area contributed by atoms with E-state index in [0.29, 0.717) is 23.7 Å². The lowest BCUT2D eigenvalue weighted by molar-refractivity contribution is -0.111. The lowest BCUT2D eigenvalue weighted by Gasteiger charge is -2.28. The number of benzene rings is 2. The second-order valence-corrected chi connectivity index (χ2v) is 13.7. The minimum Gasteiger partial charge on any atom is -0.502 e. The van der Waals surface area contributed by atoms with Crippen LogP contribution in [0.1, 0.15) is 161 Å². The highest BCUT2D eigenvalue weighted by Gasteiger charge is 2.25. The molecule has 0 amide bonds. The molecule has 0 fully saturated rings. The van der Waals surface area contributed by atoms with Crippen molar-refractivity contribution in [3.63, 3.8) is 0 Å². The van der Waals surface area contributed by atoms with Gasteiger partial charge >= 0.3 is 0 Å². The maximum absolute atomic E-state index is 14.1. The lowest BCUT2D eigenvalue weighted by atomic mass is 9.81. The molecule has 0 heterocycles. The number of hydrogen-bond acceptors (Lipinski definition) is 3. The summed E-state index contributed by atoms with van der Waals surface area (Å²) in [6.07, 6.45) is 10.9. The van der Waals surface area contributed by atoms with Crippen molar-refractivity contribution in [1.29, 1.82) is 0 Å². The van der Waals surface area contributed by atoms with E-state index in [9.17, 15) is 9.18 Å². The number of rotatable bonds is 14. The number of ether oxygens (including phenoxy) is 2. The Morgan fingerprint density at radius 2 is 1.52 bits per heavy atom. The normalized spacial score (nSPS) is 14.3. The van der Waals surface area contributed by atoms with Crippen LogP contribution in [0, 0.1) is 30.5 Å². The third-order valence-corrected chi connectivity index (χ3v) is 9.93. The van der Waals surface area contributed by atoms with Crippen molar-refractivity contribution in [2.75, 3.05) is 14.2 Å². The third kappa shape index (κ3) is 13.9. The molecule has 3 atom stereocenters. The van der Waals surface area contributed by atoms with Crippen molar-refractivity contribution in [2.45, 2.75) is 147 Å². The zero-order chi connectivity index (χ0) is 38.6. The van der Waals surface area contributed by atoms with Gasteiger partial charge in [0.1, 0.15) is 5.82 Å². The fourth-order valence-electron chi connectivity index (χ4n) is 6.72. The zero-order valence-electron chi connectivity index (χ0n) is 34.7. The molecule has 4 heteroatoms. The predicted molar refractivity (Wildman–Crippen MR) is 217 cm³/mol. The van der Waals surface area contributed by atoms with Gasteiger partial charge in [-0.3, -0.25) is 4.79 Å². The summed E-state index contributed by atoms with van der Waals surface area (Å²) in [7, 11) is 3.44. The number of unbranched alkanes of at least 4 members (excludes halogenated alkanes) is 1. The molecule has 0 aliphatic heterocycles. The molecule has 0 saturated carbocycles. The molecule has 50 heavy (non-hydrogen) atoms. The van der Waals surface area contributed by atoms with Crippen LogP contribution in [0.2, 0.25) is 0 Å². The Labute approximate surface area is 307 Å². The first-order chi connectivity index (χ1) is 23.7. The van der Waals surface area contributed by atoms with Gasteiger partial charge in [-0.25, -0.2) is 4.39 Å². The number of halogens is 1. The molecule has 0 radical (unpaired) electrons. The maximum Gasteiger partial charge on any atom is 0.160 e. The molecule has 2 aromatic carbocycles. The van der Waals surface area contributed by atoms with E-state index in [-0.39, 0.29) is 11.6 Å². The Balaban J connectivity index is 0.000000880. The van der Waals surface area contributed by atoms with Crippen molar-refractivity contribution in [1.82, 2.24) is 0 Å². The standard InChI is InChI=1S/C25H29FO.C14H28O.C5H10O.C2H6/c1-6-15(2)21-13-11-19(26)14-24(21)17(4)25(18(5)27)23-12-10-16(3)20-8-7-9-22(20)23;1-7-9-10-13(15-6)14(11(3)4)12(5)8-2;1-4-5(2)6-3;1-2/h10-15H,6-9H2,1-5H3;10-12,14H,7-9H2,1-6H3;2,4H2,1,3H3;1-2H3/b25-17+;13-10+;;.